The number of carboxylic acids is 1. The maximum Gasteiger partial charge on any atom is 0.338 e. The van der Waals surface area contributed by atoms with Gasteiger partial charge in [-0.05, 0) is 48.7 Å². The van der Waals surface area contributed by atoms with Gasteiger partial charge >= 0.3 is 5.97 Å². The number of rotatable bonds is 4. The molecule has 0 saturated carbocycles. The maximum atomic E-state index is 13.3. The highest BCUT2D eigenvalue weighted by molar-refractivity contribution is 5.89. The molecule has 21 heavy (non-hydrogen) atoms. The molecule has 5 heteroatoms. The van der Waals surface area contributed by atoms with Gasteiger partial charge in [-0.25, -0.2) is 9.18 Å². The Morgan fingerprint density at radius 3 is 2.38 bits per heavy atom. The number of nitrogens with one attached hydrogen (secondary N) is 1. The molecule has 0 aliphatic rings. The van der Waals surface area contributed by atoms with Crippen molar-refractivity contribution in [3.8, 4) is 5.75 Å². The maximum absolute atomic E-state index is 13.3. The van der Waals surface area contributed by atoms with Crippen molar-refractivity contribution in [1.82, 2.24) is 0 Å². The number of hydrogen-bond donors (Lipinski definition) is 3. The smallest absolute Gasteiger partial charge is 0.338 e. The van der Waals surface area contributed by atoms with Gasteiger partial charge in [0.05, 0.1) is 5.56 Å². The van der Waals surface area contributed by atoms with E-state index in [1.54, 1.807) is 0 Å². The zero-order valence-corrected chi connectivity index (χ0v) is 11.8. The van der Waals surface area contributed by atoms with Crippen molar-refractivity contribution in [2.45, 2.75) is 20.4 Å². The molecule has 2 aromatic carbocycles. The van der Waals surface area contributed by atoms with Crippen molar-refractivity contribution in [1.29, 1.82) is 0 Å². The van der Waals surface area contributed by atoms with E-state index in [1.165, 1.54) is 12.1 Å². The lowest BCUT2D eigenvalue weighted by atomic mass is 10.1. The average molecular weight is 289 g/mol. The van der Waals surface area contributed by atoms with Gasteiger partial charge in [0.2, 0.25) is 0 Å². The van der Waals surface area contributed by atoms with E-state index in [0.29, 0.717) is 12.2 Å². The molecule has 4 nitrogen and oxygen atoms in total. The monoisotopic (exact) mass is 289 g/mol. The molecule has 3 N–H and O–H groups in total. The Morgan fingerprint density at radius 1 is 1.19 bits per heavy atom. The van der Waals surface area contributed by atoms with E-state index < -0.39 is 11.8 Å². The van der Waals surface area contributed by atoms with Gasteiger partial charge in [-0.15, -0.1) is 0 Å². The van der Waals surface area contributed by atoms with E-state index in [0.717, 1.165) is 22.8 Å². The molecule has 0 atom stereocenters. The summed E-state index contributed by atoms with van der Waals surface area (Å²) in [7, 11) is 0. The van der Waals surface area contributed by atoms with Crippen LogP contribution in [0.4, 0.5) is 10.1 Å². The molecule has 0 aliphatic heterocycles. The Kier molecular flexibility index (Phi) is 4.12. The Labute approximate surface area is 121 Å². The second-order valence-corrected chi connectivity index (χ2v) is 4.93. The van der Waals surface area contributed by atoms with Crippen LogP contribution in [0.1, 0.15) is 27.0 Å². The molecule has 110 valence electrons. The summed E-state index contributed by atoms with van der Waals surface area (Å²) in [6.45, 7) is 4.07. The largest absolute Gasteiger partial charge is 0.507 e. The Morgan fingerprint density at radius 2 is 1.81 bits per heavy atom. The molecule has 0 saturated heterocycles. The molecular weight excluding hydrogens is 273 g/mol. The predicted molar refractivity (Wildman–Crippen MR) is 78.3 cm³/mol. The van der Waals surface area contributed by atoms with Crippen LogP contribution in [-0.4, -0.2) is 16.2 Å². The summed E-state index contributed by atoms with van der Waals surface area (Å²) >= 11 is 0. The van der Waals surface area contributed by atoms with E-state index in [9.17, 15) is 14.3 Å². The highest BCUT2D eigenvalue weighted by atomic mass is 19.1. The normalized spacial score (nSPS) is 10.4. The molecule has 0 radical (unpaired) electrons. The van der Waals surface area contributed by atoms with Gasteiger partial charge in [0, 0.05) is 12.2 Å². The van der Waals surface area contributed by atoms with Crippen molar-refractivity contribution in [2.24, 2.45) is 0 Å². The van der Waals surface area contributed by atoms with Gasteiger partial charge in [0.15, 0.2) is 0 Å². The molecule has 0 heterocycles. The third kappa shape index (κ3) is 3.31. The van der Waals surface area contributed by atoms with E-state index >= 15 is 0 Å². The number of hydrogen-bond acceptors (Lipinski definition) is 3. The van der Waals surface area contributed by atoms with Crippen molar-refractivity contribution >= 4 is 11.7 Å². The minimum Gasteiger partial charge on any atom is -0.507 e. The molecule has 2 aromatic rings. The van der Waals surface area contributed by atoms with Crippen LogP contribution in [0.25, 0.3) is 0 Å². The third-order valence-electron chi connectivity index (χ3n) is 3.24. The first kappa shape index (κ1) is 14.8. The summed E-state index contributed by atoms with van der Waals surface area (Å²) < 4.78 is 13.3. The van der Waals surface area contributed by atoms with Crippen LogP contribution in [0.2, 0.25) is 0 Å². The van der Waals surface area contributed by atoms with E-state index in [2.05, 4.69) is 5.32 Å². The number of aryl methyl sites for hydroxylation is 2. The summed E-state index contributed by atoms with van der Waals surface area (Å²) in [5.41, 5.74) is 2.66. The summed E-state index contributed by atoms with van der Waals surface area (Å²) in [5.74, 6) is -1.79. The highest BCUT2D eigenvalue weighted by Gasteiger charge is 2.11. The lowest BCUT2D eigenvalue weighted by Crippen LogP contribution is -2.04. The number of carboxylic acid groups (broad SMARTS) is 1. The Balaban J connectivity index is 2.17. The summed E-state index contributed by atoms with van der Waals surface area (Å²) in [6, 6.07) is 7.56. The SMILES string of the molecule is Cc1cc(CNc2ccc(F)c(C(=O)O)c2)cc(C)c1O. The van der Waals surface area contributed by atoms with Crippen LogP contribution in [0.5, 0.6) is 5.75 Å². The first-order valence-corrected chi connectivity index (χ1v) is 6.44. The Bertz CT molecular complexity index is 675. The molecule has 0 aliphatic carbocycles. The molecular formula is C16H16FNO3. The molecule has 0 spiro atoms. The number of phenols is 1. The van der Waals surface area contributed by atoms with Crippen molar-refractivity contribution in [3.05, 3.63) is 58.4 Å². The quantitative estimate of drug-likeness (QED) is 0.806. The van der Waals surface area contributed by atoms with Crippen LogP contribution in [0.3, 0.4) is 0 Å². The van der Waals surface area contributed by atoms with Crippen LogP contribution >= 0.6 is 0 Å². The van der Waals surface area contributed by atoms with Gasteiger partial charge in [-0.1, -0.05) is 12.1 Å². The number of carbonyl (C=O) groups is 1. The lowest BCUT2D eigenvalue weighted by molar-refractivity contribution is 0.0692. The number of halogens is 1. The van der Waals surface area contributed by atoms with Crippen LogP contribution in [0, 0.1) is 19.7 Å². The van der Waals surface area contributed by atoms with E-state index in [-0.39, 0.29) is 11.3 Å². The second-order valence-electron chi connectivity index (χ2n) is 4.93. The molecule has 0 amide bonds. The van der Waals surface area contributed by atoms with Gasteiger partial charge in [-0.2, -0.15) is 0 Å². The third-order valence-corrected chi connectivity index (χ3v) is 3.24. The summed E-state index contributed by atoms with van der Waals surface area (Å²) in [5, 5.41) is 21.6. The first-order chi connectivity index (χ1) is 9.88. The number of aromatic carboxylic acids is 1. The topological polar surface area (TPSA) is 69.6 Å². The number of benzene rings is 2. The average Bonchev–Trinajstić information content (AvgIpc) is 2.43. The highest BCUT2D eigenvalue weighted by Crippen LogP contribution is 2.23. The minimum atomic E-state index is -1.30. The Hall–Kier alpha value is -2.56. The van der Waals surface area contributed by atoms with Gasteiger partial charge in [-0.3, -0.25) is 0 Å². The summed E-state index contributed by atoms with van der Waals surface area (Å²) in [6.07, 6.45) is 0. The van der Waals surface area contributed by atoms with Crippen molar-refractivity contribution in [2.75, 3.05) is 5.32 Å². The molecule has 0 bridgehead atoms. The molecule has 0 unspecified atom stereocenters. The lowest BCUT2D eigenvalue weighted by Gasteiger charge is -2.11. The van der Waals surface area contributed by atoms with E-state index in [1.807, 2.05) is 26.0 Å². The van der Waals surface area contributed by atoms with Crippen LogP contribution in [-0.2, 0) is 6.54 Å². The number of phenolic OH excluding ortho intramolecular Hbond substituents is 1. The van der Waals surface area contributed by atoms with Gasteiger partial charge in [0.1, 0.15) is 11.6 Å². The second kappa shape index (κ2) is 5.83. The van der Waals surface area contributed by atoms with Gasteiger partial charge in [0.25, 0.3) is 0 Å². The fraction of sp³-hybridized carbons (Fsp3) is 0.188. The van der Waals surface area contributed by atoms with Gasteiger partial charge < -0.3 is 15.5 Å². The first-order valence-electron chi connectivity index (χ1n) is 6.44. The van der Waals surface area contributed by atoms with Crippen molar-refractivity contribution in [3.63, 3.8) is 0 Å². The number of anilines is 1. The zero-order valence-electron chi connectivity index (χ0n) is 11.8. The van der Waals surface area contributed by atoms with Crippen molar-refractivity contribution < 1.29 is 19.4 Å². The summed E-state index contributed by atoms with van der Waals surface area (Å²) in [4.78, 5) is 10.9. The molecule has 2 rings (SSSR count). The predicted octanol–water partition coefficient (Wildman–Crippen LogP) is 3.46. The number of aromatic hydroxyl groups is 1. The van der Waals surface area contributed by atoms with Crippen LogP contribution in [0.15, 0.2) is 30.3 Å². The van der Waals surface area contributed by atoms with Crippen LogP contribution < -0.4 is 5.32 Å². The van der Waals surface area contributed by atoms with E-state index in [4.69, 9.17) is 5.11 Å². The minimum absolute atomic E-state index is 0.272. The molecule has 0 fully saturated rings. The standard InChI is InChI=1S/C16H16FNO3/c1-9-5-11(6-10(2)15(9)19)8-18-12-3-4-14(17)13(7-12)16(20)21/h3-7,18-19H,8H2,1-2H3,(H,20,21). The molecule has 0 aromatic heterocycles. The fourth-order valence-corrected chi connectivity index (χ4v) is 2.15. The fourth-order valence-electron chi connectivity index (χ4n) is 2.15. The zero-order chi connectivity index (χ0) is 15.6.